The molecule has 1 aliphatic heterocycles. The highest BCUT2D eigenvalue weighted by molar-refractivity contribution is 7.89. The van der Waals surface area contributed by atoms with Gasteiger partial charge in [0.05, 0.1) is 11.3 Å². The molecule has 176 valence electrons. The third-order valence-corrected chi connectivity index (χ3v) is 7.37. The van der Waals surface area contributed by atoms with Crippen LogP contribution in [-0.2, 0) is 22.7 Å². The summed E-state index contributed by atoms with van der Waals surface area (Å²) < 4.78 is 67.9. The number of aromatic nitrogens is 1. The molecule has 1 aromatic heterocycles. The largest absolute Gasteiger partial charge is 0.416 e. The Kier molecular flexibility index (Phi) is 7.01. The van der Waals surface area contributed by atoms with Gasteiger partial charge in [-0.2, -0.15) is 17.5 Å². The molecule has 1 aromatic carbocycles. The molecular weight excluding hydrogens is 445 g/mol. The van der Waals surface area contributed by atoms with Crippen molar-refractivity contribution in [3.8, 4) is 0 Å². The highest BCUT2D eigenvalue weighted by atomic mass is 32.2. The number of nitrogens with zero attached hydrogens (tertiary/aromatic N) is 4. The standard InChI is InChI=1S/C21H27F3N4O3S/c1-26(2)20-7-4-15(11-25-20)12-27(3)32(30,31)19-10-17(21(22,23)24)5-6-18(19)28-9-8-16(13-28)14-29/h4-7,10-11,16,29H,8-9,12-14H2,1-3H3/t16-/m1/s1. The predicted octanol–water partition coefficient (Wildman–Crippen LogP) is 2.81. The van der Waals surface area contributed by atoms with Crippen LogP contribution in [0.2, 0.25) is 0 Å². The molecular formula is C21H27F3N4O3S. The van der Waals surface area contributed by atoms with Crippen molar-refractivity contribution in [1.82, 2.24) is 9.29 Å². The number of anilines is 2. The van der Waals surface area contributed by atoms with Crippen molar-refractivity contribution in [2.45, 2.75) is 24.0 Å². The second-order valence-corrected chi connectivity index (χ2v) is 10.2. The number of aliphatic hydroxyl groups is 1. The molecule has 0 radical (unpaired) electrons. The third-order valence-electron chi connectivity index (χ3n) is 5.53. The monoisotopic (exact) mass is 472 g/mol. The van der Waals surface area contributed by atoms with Gasteiger partial charge < -0.3 is 14.9 Å². The maximum atomic E-state index is 13.4. The van der Waals surface area contributed by atoms with E-state index in [1.54, 1.807) is 28.1 Å². The lowest BCUT2D eigenvalue weighted by Crippen LogP contribution is -2.30. The van der Waals surface area contributed by atoms with Crippen LogP contribution in [0.3, 0.4) is 0 Å². The molecule has 1 N–H and O–H groups in total. The maximum absolute atomic E-state index is 13.4. The number of hydrogen-bond donors (Lipinski definition) is 1. The number of benzene rings is 1. The van der Waals surface area contributed by atoms with Crippen molar-refractivity contribution in [1.29, 1.82) is 0 Å². The molecule has 0 bridgehead atoms. The zero-order valence-electron chi connectivity index (χ0n) is 18.2. The number of sulfonamides is 1. The Balaban J connectivity index is 1.96. The van der Waals surface area contributed by atoms with Gasteiger partial charge in [-0.05, 0) is 36.2 Å². The van der Waals surface area contributed by atoms with Crippen molar-refractivity contribution in [3.05, 3.63) is 47.7 Å². The summed E-state index contributed by atoms with van der Waals surface area (Å²) in [5.41, 5.74) is -0.207. The van der Waals surface area contributed by atoms with E-state index in [9.17, 15) is 26.7 Å². The van der Waals surface area contributed by atoms with Gasteiger partial charge in [-0.15, -0.1) is 0 Å². The first-order valence-electron chi connectivity index (χ1n) is 10.1. The molecule has 0 amide bonds. The normalized spacial score (nSPS) is 17.2. The van der Waals surface area contributed by atoms with Crippen molar-refractivity contribution in [3.63, 3.8) is 0 Å². The highest BCUT2D eigenvalue weighted by Crippen LogP contribution is 2.37. The number of halogens is 3. The van der Waals surface area contributed by atoms with Crippen LogP contribution in [-0.4, -0.2) is 63.7 Å². The second-order valence-electron chi connectivity index (χ2n) is 8.14. The smallest absolute Gasteiger partial charge is 0.396 e. The average molecular weight is 473 g/mol. The lowest BCUT2D eigenvalue weighted by Gasteiger charge is -2.26. The first kappa shape index (κ1) is 24.3. The zero-order chi connectivity index (χ0) is 23.7. The molecule has 0 unspecified atom stereocenters. The summed E-state index contributed by atoms with van der Waals surface area (Å²) in [5, 5.41) is 9.41. The Morgan fingerprint density at radius 3 is 2.44 bits per heavy atom. The van der Waals surface area contributed by atoms with Crippen LogP contribution < -0.4 is 9.80 Å². The van der Waals surface area contributed by atoms with Gasteiger partial charge in [0.2, 0.25) is 10.0 Å². The molecule has 3 rings (SSSR count). The van der Waals surface area contributed by atoms with Crippen molar-refractivity contribution >= 4 is 21.5 Å². The summed E-state index contributed by atoms with van der Waals surface area (Å²) >= 11 is 0. The fourth-order valence-corrected chi connectivity index (χ4v) is 5.04. The van der Waals surface area contributed by atoms with Gasteiger partial charge in [-0.3, -0.25) is 0 Å². The lowest BCUT2D eigenvalue weighted by molar-refractivity contribution is -0.137. The van der Waals surface area contributed by atoms with E-state index in [0.29, 0.717) is 37.0 Å². The summed E-state index contributed by atoms with van der Waals surface area (Å²) in [5.74, 6) is 0.652. The van der Waals surface area contributed by atoms with E-state index < -0.39 is 26.7 Å². The van der Waals surface area contributed by atoms with Gasteiger partial charge in [0.15, 0.2) is 0 Å². The van der Waals surface area contributed by atoms with E-state index in [4.69, 9.17) is 0 Å². The number of pyridine rings is 1. The van der Waals surface area contributed by atoms with Crippen molar-refractivity contribution in [2.75, 3.05) is 50.6 Å². The molecule has 2 heterocycles. The zero-order valence-corrected chi connectivity index (χ0v) is 19.0. The molecule has 11 heteroatoms. The SMILES string of the molecule is CN(C)c1ccc(CN(C)S(=O)(=O)c2cc(C(F)(F)F)ccc2N2CC[C@@H](CO)C2)cn1. The van der Waals surface area contributed by atoms with Crippen LogP contribution in [0, 0.1) is 5.92 Å². The molecule has 1 saturated heterocycles. The Bertz CT molecular complexity index is 1040. The summed E-state index contributed by atoms with van der Waals surface area (Å²) in [4.78, 5) is 7.38. The van der Waals surface area contributed by atoms with Gasteiger partial charge in [0.1, 0.15) is 10.7 Å². The minimum atomic E-state index is -4.67. The first-order chi connectivity index (χ1) is 14.9. The number of hydrogen-bond acceptors (Lipinski definition) is 6. The van der Waals surface area contributed by atoms with Gasteiger partial charge in [0.25, 0.3) is 0 Å². The van der Waals surface area contributed by atoms with E-state index in [-0.39, 0.29) is 24.8 Å². The Hall–Kier alpha value is -2.37. The van der Waals surface area contributed by atoms with Crippen molar-refractivity contribution < 1.29 is 26.7 Å². The molecule has 1 fully saturated rings. The summed E-state index contributed by atoms with van der Waals surface area (Å²) in [6.45, 7) is 0.732. The van der Waals surface area contributed by atoms with Crippen molar-refractivity contribution in [2.24, 2.45) is 5.92 Å². The minimum absolute atomic E-state index is 0.0437. The van der Waals surface area contributed by atoms with Crippen LogP contribution in [0.5, 0.6) is 0 Å². The van der Waals surface area contributed by atoms with Gasteiger partial charge in [0, 0.05) is 59.5 Å². The molecule has 0 aliphatic carbocycles. The summed E-state index contributed by atoms with van der Waals surface area (Å²) in [6, 6.07) is 6.26. The quantitative estimate of drug-likeness (QED) is 0.668. The molecule has 7 nitrogen and oxygen atoms in total. The van der Waals surface area contributed by atoms with Gasteiger partial charge in [-0.1, -0.05) is 6.07 Å². The van der Waals surface area contributed by atoms with Crippen LogP contribution in [0.1, 0.15) is 17.5 Å². The fraction of sp³-hybridized carbons (Fsp3) is 0.476. The third kappa shape index (κ3) is 5.16. The number of alkyl halides is 3. The fourth-order valence-electron chi connectivity index (χ4n) is 3.64. The molecule has 1 aliphatic rings. The Morgan fingerprint density at radius 2 is 1.91 bits per heavy atom. The summed E-state index contributed by atoms with van der Waals surface area (Å²) in [7, 11) is 0.739. The number of rotatable bonds is 7. The average Bonchev–Trinajstić information content (AvgIpc) is 3.22. The molecule has 1 atom stereocenters. The minimum Gasteiger partial charge on any atom is -0.396 e. The van der Waals surface area contributed by atoms with E-state index in [2.05, 4.69) is 4.98 Å². The van der Waals surface area contributed by atoms with Crippen LogP contribution >= 0.6 is 0 Å². The Morgan fingerprint density at radius 1 is 1.19 bits per heavy atom. The van der Waals surface area contributed by atoms with Crippen LogP contribution in [0.15, 0.2) is 41.4 Å². The van der Waals surface area contributed by atoms with E-state index in [1.807, 2.05) is 14.1 Å². The molecule has 32 heavy (non-hydrogen) atoms. The van der Waals surface area contributed by atoms with E-state index in [1.165, 1.54) is 13.1 Å². The number of aliphatic hydroxyl groups excluding tert-OH is 1. The van der Waals surface area contributed by atoms with Gasteiger partial charge >= 0.3 is 6.18 Å². The first-order valence-corrected chi connectivity index (χ1v) is 11.5. The molecule has 2 aromatic rings. The Labute approximate surface area is 186 Å². The predicted molar refractivity (Wildman–Crippen MR) is 116 cm³/mol. The van der Waals surface area contributed by atoms with Crippen LogP contribution in [0.4, 0.5) is 24.7 Å². The maximum Gasteiger partial charge on any atom is 0.416 e. The van der Waals surface area contributed by atoms with E-state index >= 15 is 0 Å². The highest BCUT2D eigenvalue weighted by Gasteiger charge is 2.36. The van der Waals surface area contributed by atoms with Gasteiger partial charge in [-0.25, -0.2) is 13.4 Å². The second kappa shape index (κ2) is 9.24. The molecule has 0 spiro atoms. The van der Waals surface area contributed by atoms with E-state index in [0.717, 1.165) is 10.4 Å². The van der Waals surface area contributed by atoms with Crippen LogP contribution in [0.25, 0.3) is 0 Å². The molecule has 0 saturated carbocycles. The topological polar surface area (TPSA) is 77.0 Å². The lowest BCUT2D eigenvalue weighted by atomic mass is 10.1. The summed E-state index contributed by atoms with van der Waals surface area (Å²) in [6.07, 6.45) is -2.50.